The third kappa shape index (κ3) is 1.49. The summed E-state index contributed by atoms with van der Waals surface area (Å²) in [4.78, 5) is 16.0. The first kappa shape index (κ1) is 10.9. The molecule has 1 fully saturated rings. The van der Waals surface area contributed by atoms with Crippen LogP contribution in [0.3, 0.4) is 0 Å². The van der Waals surface area contributed by atoms with Crippen LogP contribution in [0, 0.1) is 5.82 Å². The zero-order valence-electron chi connectivity index (χ0n) is 9.51. The van der Waals surface area contributed by atoms with Crippen molar-refractivity contribution in [3.63, 3.8) is 0 Å². The molecule has 1 aliphatic carbocycles. The quantitative estimate of drug-likeness (QED) is 0.868. The van der Waals surface area contributed by atoms with Gasteiger partial charge in [0.15, 0.2) is 0 Å². The van der Waals surface area contributed by atoms with Gasteiger partial charge in [-0.2, -0.15) is 4.68 Å². The maximum atomic E-state index is 13.8. The van der Waals surface area contributed by atoms with Crippen LogP contribution >= 0.6 is 0 Å². The summed E-state index contributed by atoms with van der Waals surface area (Å²) < 4.78 is 14.9. The molecular formula is C12H11FN4O. The zero-order valence-corrected chi connectivity index (χ0v) is 9.51. The third-order valence-corrected chi connectivity index (χ3v) is 3.27. The number of benzene rings is 1. The van der Waals surface area contributed by atoms with Gasteiger partial charge in [-0.1, -0.05) is 18.2 Å². The van der Waals surface area contributed by atoms with Gasteiger partial charge in [-0.05, 0) is 18.9 Å². The lowest BCUT2D eigenvalue weighted by Crippen LogP contribution is -2.28. The molecule has 3 rings (SSSR count). The van der Waals surface area contributed by atoms with E-state index in [9.17, 15) is 9.18 Å². The van der Waals surface area contributed by atoms with Crippen molar-refractivity contribution >= 4 is 11.9 Å². The first-order valence-electron chi connectivity index (χ1n) is 5.60. The van der Waals surface area contributed by atoms with Crippen LogP contribution in [0.4, 0.5) is 10.3 Å². The van der Waals surface area contributed by atoms with Crippen LogP contribution in [0.15, 0.2) is 30.6 Å². The zero-order chi connectivity index (χ0) is 12.8. The number of hydrogen-bond donors (Lipinski definition) is 1. The Balaban J connectivity index is 2.01. The Kier molecular flexibility index (Phi) is 2.19. The van der Waals surface area contributed by atoms with E-state index < -0.39 is 5.41 Å². The Morgan fingerprint density at radius 1 is 1.39 bits per heavy atom. The molecular weight excluding hydrogens is 235 g/mol. The van der Waals surface area contributed by atoms with Crippen LogP contribution in [0.1, 0.15) is 23.2 Å². The minimum absolute atomic E-state index is 0.0349. The fourth-order valence-corrected chi connectivity index (χ4v) is 2.17. The van der Waals surface area contributed by atoms with Gasteiger partial charge in [0.1, 0.15) is 12.1 Å². The lowest BCUT2D eigenvalue weighted by Gasteiger charge is -2.14. The standard InChI is InChI=1S/C12H11FN4O/c13-9-4-2-1-3-8(9)12(5-6-12)10(18)17-7-15-11(14)16-17/h1-4,7H,5-6H2,(H2,14,16). The molecule has 2 aromatic rings. The lowest BCUT2D eigenvalue weighted by molar-refractivity contribution is 0.0843. The number of hydrogen-bond acceptors (Lipinski definition) is 4. The second kappa shape index (κ2) is 3.63. The number of anilines is 1. The molecule has 0 bridgehead atoms. The number of halogens is 1. The number of nitrogens with two attached hydrogens (primary N) is 1. The molecule has 0 radical (unpaired) electrons. The molecule has 1 saturated carbocycles. The number of carbonyl (C=O) groups excluding carboxylic acids is 1. The van der Waals surface area contributed by atoms with Gasteiger partial charge >= 0.3 is 0 Å². The van der Waals surface area contributed by atoms with Crippen molar-refractivity contribution < 1.29 is 9.18 Å². The molecule has 92 valence electrons. The summed E-state index contributed by atoms with van der Waals surface area (Å²) in [6.07, 6.45) is 2.50. The molecule has 2 N–H and O–H groups in total. The highest BCUT2D eigenvalue weighted by Gasteiger charge is 2.53. The Morgan fingerprint density at radius 2 is 2.11 bits per heavy atom. The first-order chi connectivity index (χ1) is 8.63. The maximum Gasteiger partial charge on any atom is 0.259 e. The predicted molar refractivity (Wildman–Crippen MR) is 62.4 cm³/mol. The van der Waals surface area contributed by atoms with Gasteiger partial charge in [-0.3, -0.25) is 4.79 Å². The summed E-state index contributed by atoms with van der Waals surface area (Å²) in [5.74, 6) is -0.610. The van der Waals surface area contributed by atoms with Crippen LogP contribution in [-0.4, -0.2) is 20.7 Å². The minimum Gasteiger partial charge on any atom is -0.366 e. The van der Waals surface area contributed by atoms with E-state index in [2.05, 4.69) is 10.1 Å². The van der Waals surface area contributed by atoms with Gasteiger partial charge in [0.25, 0.3) is 5.91 Å². The molecule has 0 spiro atoms. The van der Waals surface area contributed by atoms with Gasteiger partial charge in [0.2, 0.25) is 5.95 Å². The molecule has 6 heteroatoms. The summed E-state index contributed by atoms with van der Waals surface area (Å²) in [5.41, 5.74) is 5.00. The Bertz CT molecular complexity index is 618. The molecule has 1 heterocycles. The van der Waals surface area contributed by atoms with Crippen molar-refractivity contribution in [3.05, 3.63) is 42.0 Å². The highest BCUT2D eigenvalue weighted by Crippen LogP contribution is 2.50. The highest BCUT2D eigenvalue weighted by molar-refractivity contribution is 5.92. The molecule has 0 aliphatic heterocycles. The Morgan fingerprint density at radius 3 is 2.67 bits per heavy atom. The average molecular weight is 246 g/mol. The SMILES string of the molecule is Nc1ncn(C(=O)C2(c3ccccc3F)CC2)n1. The Hall–Kier alpha value is -2.24. The van der Waals surface area contributed by atoms with Gasteiger partial charge < -0.3 is 5.73 Å². The number of nitrogens with zero attached hydrogens (tertiary/aromatic N) is 3. The maximum absolute atomic E-state index is 13.8. The third-order valence-electron chi connectivity index (χ3n) is 3.27. The number of aromatic nitrogens is 3. The van der Waals surface area contributed by atoms with Gasteiger partial charge in [-0.15, -0.1) is 5.10 Å². The average Bonchev–Trinajstić information content (AvgIpc) is 3.05. The van der Waals surface area contributed by atoms with E-state index in [0.717, 1.165) is 4.68 Å². The number of rotatable bonds is 2. The second-order valence-electron chi connectivity index (χ2n) is 4.41. The predicted octanol–water partition coefficient (Wildman–Crippen LogP) is 1.37. The van der Waals surface area contributed by atoms with Crippen molar-refractivity contribution in [1.82, 2.24) is 14.8 Å². The minimum atomic E-state index is -0.800. The monoisotopic (exact) mass is 246 g/mol. The summed E-state index contributed by atoms with van der Waals surface area (Å²) in [6.45, 7) is 0. The van der Waals surface area contributed by atoms with Crippen molar-refractivity contribution in [2.75, 3.05) is 5.73 Å². The van der Waals surface area contributed by atoms with Crippen LogP contribution in [0.5, 0.6) is 0 Å². The van der Waals surface area contributed by atoms with Crippen LogP contribution in [0.25, 0.3) is 0 Å². The summed E-state index contributed by atoms with van der Waals surface area (Å²) in [7, 11) is 0. The number of carbonyl (C=O) groups is 1. The van der Waals surface area contributed by atoms with E-state index in [1.165, 1.54) is 12.4 Å². The van der Waals surface area contributed by atoms with E-state index in [4.69, 9.17) is 5.73 Å². The molecule has 5 nitrogen and oxygen atoms in total. The van der Waals surface area contributed by atoms with Crippen molar-refractivity contribution in [2.45, 2.75) is 18.3 Å². The van der Waals surface area contributed by atoms with Gasteiger partial charge in [0.05, 0.1) is 5.41 Å². The molecule has 18 heavy (non-hydrogen) atoms. The summed E-state index contributed by atoms with van der Waals surface area (Å²) in [6, 6.07) is 6.33. The Labute approximate surface area is 102 Å². The largest absolute Gasteiger partial charge is 0.366 e. The molecule has 0 unspecified atom stereocenters. The van der Waals surface area contributed by atoms with E-state index in [1.807, 2.05) is 0 Å². The molecule has 1 aliphatic rings. The van der Waals surface area contributed by atoms with E-state index in [1.54, 1.807) is 18.2 Å². The first-order valence-corrected chi connectivity index (χ1v) is 5.60. The van der Waals surface area contributed by atoms with Crippen molar-refractivity contribution in [1.29, 1.82) is 0 Å². The van der Waals surface area contributed by atoms with E-state index in [0.29, 0.717) is 18.4 Å². The van der Waals surface area contributed by atoms with Crippen molar-refractivity contribution in [3.8, 4) is 0 Å². The molecule has 0 amide bonds. The smallest absolute Gasteiger partial charge is 0.259 e. The van der Waals surface area contributed by atoms with Crippen LogP contribution < -0.4 is 5.73 Å². The highest BCUT2D eigenvalue weighted by atomic mass is 19.1. The number of nitrogen functional groups attached to an aromatic ring is 1. The molecule has 1 aromatic carbocycles. The molecule has 1 aromatic heterocycles. The van der Waals surface area contributed by atoms with E-state index >= 15 is 0 Å². The van der Waals surface area contributed by atoms with Crippen molar-refractivity contribution in [2.24, 2.45) is 0 Å². The lowest BCUT2D eigenvalue weighted by atomic mass is 9.94. The van der Waals surface area contributed by atoms with Crippen LogP contribution in [-0.2, 0) is 5.41 Å². The fourth-order valence-electron chi connectivity index (χ4n) is 2.17. The van der Waals surface area contributed by atoms with Gasteiger partial charge in [0, 0.05) is 5.56 Å². The fraction of sp³-hybridized carbons (Fsp3) is 0.250. The van der Waals surface area contributed by atoms with E-state index in [-0.39, 0.29) is 17.7 Å². The molecule has 0 atom stereocenters. The molecule has 0 saturated heterocycles. The second-order valence-corrected chi connectivity index (χ2v) is 4.41. The summed E-state index contributed by atoms with van der Waals surface area (Å²) in [5, 5.41) is 3.78. The van der Waals surface area contributed by atoms with Gasteiger partial charge in [-0.25, -0.2) is 9.37 Å². The van der Waals surface area contributed by atoms with Crippen LogP contribution in [0.2, 0.25) is 0 Å². The summed E-state index contributed by atoms with van der Waals surface area (Å²) >= 11 is 0. The topological polar surface area (TPSA) is 73.8 Å². The normalized spacial score (nSPS) is 16.5.